The molecule has 0 bridgehead atoms. The summed E-state index contributed by atoms with van der Waals surface area (Å²) in [6.45, 7) is 4.88. The molecule has 1 N–H and O–H groups in total. The molecule has 0 aliphatic carbocycles. The lowest BCUT2D eigenvalue weighted by atomic mass is 10.1. The zero-order valence-electron chi connectivity index (χ0n) is 17.7. The number of rotatable bonds is 7. The van der Waals surface area contributed by atoms with Crippen molar-refractivity contribution in [3.63, 3.8) is 0 Å². The van der Waals surface area contributed by atoms with Gasteiger partial charge in [-0.25, -0.2) is 9.59 Å². The molecule has 1 atom stereocenters. The molecule has 0 saturated carbocycles. The molecule has 0 radical (unpaired) electrons. The zero-order valence-corrected chi connectivity index (χ0v) is 18.4. The molecule has 0 fully saturated rings. The Labute approximate surface area is 188 Å². The van der Waals surface area contributed by atoms with Crippen LogP contribution >= 0.6 is 11.6 Å². The third kappa shape index (κ3) is 8.30. The molecule has 0 aliphatic heterocycles. The smallest absolute Gasteiger partial charge is 0.416 e. The summed E-state index contributed by atoms with van der Waals surface area (Å²) < 4.78 is 54.8. The summed E-state index contributed by atoms with van der Waals surface area (Å²) >= 11 is 5.87. The summed E-state index contributed by atoms with van der Waals surface area (Å²) in [7, 11) is 0. The SMILES string of the molecule is CC(C)(C)OC(=O)NCCOC(=O)[C@H](Oc1cccc(C(F)(F)F)c1)c1ccc(Cl)cc1. The van der Waals surface area contributed by atoms with Gasteiger partial charge in [-0.05, 0) is 51.1 Å². The largest absolute Gasteiger partial charge is 0.474 e. The van der Waals surface area contributed by atoms with Crippen LogP contribution in [0.3, 0.4) is 0 Å². The second-order valence-corrected chi connectivity index (χ2v) is 8.11. The highest BCUT2D eigenvalue weighted by molar-refractivity contribution is 6.30. The summed E-state index contributed by atoms with van der Waals surface area (Å²) in [5, 5.41) is 2.84. The number of halogens is 4. The predicted molar refractivity (Wildman–Crippen MR) is 111 cm³/mol. The lowest BCUT2D eigenvalue weighted by Crippen LogP contribution is -2.35. The monoisotopic (exact) mass is 473 g/mol. The van der Waals surface area contributed by atoms with Crippen LogP contribution in [0, 0.1) is 0 Å². The zero-order chi connectivity index (χ0) is 23.9. The lowest BCUT2D eigenvalue weighted by Gasteiger charge is -2.20. The Bertz CT molecular complexity index is 926. The van der Waals surface area contributed by atoms with Crippen molar-refractivity contribution in [1.82, 2.24) is 5.32 Å². The maximum Gasteiger partial charge on any atom is 0.416 e. The van der Waals surface area contributed by atoms with Gasteiger partial charge in [0, 0.05) is 10.6 Å². The van der Waals surface area contributed by atoms with E-state index in [0.717, 1.165) is 12.1 Å². The van der Waals surface area contributed by atoms with Gasteiger partial charge in [0.1, 0.15) is 18.0 Å². The minimum Gasteiger partial charge on any atom is -0.474 e. The van der Waals surface area contributed by atoms with Crippen molar-refractivity contribution in [2.24, 2.45) is 0 Å². The third-order valence-electron chi connectivity index (χ3n) is 3.82. The lowest BCUT2D eigenvalue weighted by molar-refractivity contribution is -0.152. The molecule has 0 aliphatic rings. The van der Waals surface area contributed by atoms with Crippen LogP contribution in [0.5, 0.6) is 5.75 Å². The predicted octanol–water partition coefficient (Wildman–Crippen LogP) is 5.55. The van der Waals surface area contributed by atoms with E-state index in [9.17, 15) is 22.8 Å². The van der Waals surface area contributed by atoms with Crippen LogP contribution in [-0.2, 0) is 20.4 Å². The number of carbonyl (C=O) groups is 2. The van der Waals surface area contributed by atoms with Crippen LogP contribution in [0.4, 0.5) is 18.0 Å². The van der Waals surface area contributed by atoms with Crippen LogP contribution in [0.15, 0.2) is 48.5 Å². The Morgan fingerprint density at radius 3 is 2.31 bits per heavy atom. The molecule has 0 unspecified atom stereocenters. The Kier molecular flexibility index (Phi) is 8.38. The number of alkyl carbamates (subject to hydrolysis) is 1. The van der Waals surface area contributed by atoms with E-state index in [1.807, 2.05) is 0 Å². The van der Waals surface area contributed by atoms with Crippen molar-refractivity contribution in [3.05, 3.63) is 64.7 Å². The fourth-order valence-electron chi connectivity index (χ4n) is 2.47. The van der Waals surface area contributed by atoms with Crippen LogP contribution in [0.1, 0.15) is 38.0 Å². The summed E-state index contributed by atoms with van der Waals surface area (Å²) in [6.07, 6.45) is -6.59. The first-order valence-electron chi connectivity index (χ1n) is 9.58. The van der Waals surface area contributed by atoms with E-state index in [2.05, 4.69) is 5.32 Å². The summed E-state index contributed by atoms with van der Waals surface area (Å²) in [4.78, 5) is 24.3. The molecule has 0 heterocycles. The summed E-state index contributed by atoms with van der Waals surface area (Å²) in [5.74, 6) is -1.01. The van der Waals surface area contributed by atoms with Gasteiger partial charge in [-0.15, -0.1) is 0 Å². The van der Waals surface area contributed by atoms with Gasteiger partial charge in [-0.1, -0.05) is 29.8 Å². The number of alkyl halides is 3. The maximum absolute atomic E-state index is 13.0. The van der Waals surface area contributed by atoms with Crippen molar-refractivity contribution < 1.29 is 37.0 Å². The Balaban J connectivity index is 2.08. The first-order chi connectivity index (χ1) is 14.8. The minimum absolute atomic E-state index is 0.0302. The number of hydrogen-bond acceptors (Lipinski definition) is 5. The molecule has 6 nitrogen and oxygen atoms in total. The van der Waals surface area contributed by atoms with E-state index >= 15 is 0 Å². The van der Waals surface area contributed by atoms with Crippen molar-refractivity contribution in [2.75, 3.05) is 13.2 Å². The molecule has 2 aromatic carbocycles. The Morgan fingerprint density at radius 1 is 1.06 bits per heavy atom. The van der Waals surface area contributed by atoms with Crippen LogP contribution in [-0.4, -0.2) is 30.8 Å². The number of amides is 1. The molecule has 2 aromatic rings. The quantitative estimate of drug-likeness (QED) is 0.422. The van der Waals surface area contributed by atoms with Crippen molar-refractivity contribution in [3.8, 4) is 5.75 Å². The molecule has 0 saturated heterocycles. The van der Waals surface area contributed by atoms with Gasteiger partial charge in [-0.2, -0.15) is 13.2 Å². The third-order valence-corrected chi connectivity index (χ3v) is 4.07. The second-order valence-electron chi connectivity index (χ2n) is 7.67. The molecule has 174 valence electrons. The van der Waals surface area contributed by atoms with E-state index in [4.69, 9.17) is 25.8 Å². The number of hydrogen-bond donors (Lipinski definition) is 1. The fourth-order valence-corrected chi connectivity index (χ4v) is 2.59. The first-order valence-corrected chi connectivity index (χ1v) is 9.96. The summed E-state index contributed by atoms with van der Waals surface area (Å²) in [5.41, 5.74) is -1.27. The number of benzene rings is 2. The van der Waals surface area contributed by atoms with Gasteiger partial charge in [0.15, 0.2) is 0 Å². The molecule has 32 heavy (non-hydrogen) atoms. The molecular weight excluding hydrogens is 451 g/mol. The number of esters is 1. The van der Waals surface area contributed by atoms with Crippen LogP contribution in [0.2, 0.25) is 5.02 Å². The highest BCUT2D eigenvalue weighted by atomic mass is 35.5. The number of nitrogens with one attached hydrogen (secondary N) is 1. The van der Waals surface area contributed by atoms with Crippen molar-refractivity contribution >= 4 is 23.7 Å². The molecule has 0 aromatic heterocycles. The molecule has 1 amide bonds. The second kappa shape index (κ2) is 10.6. The molecule has 0 spiro atoms. The Morgan fingerprint density at radius 2 is 1.72 bits per heavy atom. The maximum atomic E-state index is 13.0. The average molecular weight is 474 g/mol. The highest BCUT2D eigenvalue weighted by Gasteiger charge is 2.31. The van der Waals surface area contributed by atoms with E-state index < -0.39 is 35.5 Å². The topological polar surface area (TPSA) is 73.9 Å². The van der Waals surface area contributed by atoms with Gasteiger partial charge < -0.3 is 19.5 Å². The standard InChI is InChI=1S/C22H23ClF3NO5/c1-21(2,3)32-20(29)27-11-12-30-19(28)18(14-7-9-16(23)10-8-14)31-17-6-4-5-15(13-17)22(24,25)26/h4-10,13,18H,11-12H2,1-3H3,(H,27,29)/t18-/m1/s1. The molecular formula is C22H23ClF3NO5. The Hall–Kier alpha value is -2.94. The average Bonchev–Trinajstić information content (AvgIpc) is 2.68. The van der Waals surface area contributed by atoms with Gasteiger partial charge in [0.05, 0.1) is 12.1 Å². The van der Waals surface area contributed by atoms with Gasteiger partial charge >= 0.3 is 18.2 Å². The van der Waals surface area contributed by atoms with Crippen molar-refractivity contribution in [2.45, 2.75) is 38.7 Å². The van der Waals surface area contributed by atoms with Crippen LogP contribution in [0.25, 0.3) is 0 Å². The normalized spacial score (nSPS) is 12.6. The van der Waals surface area contributed by atoms with E-state index in [1.54, 1.807) is 20.8 Å². The summed E-state index contributed by atoms with van der Waals surface area (Å²) in [6, 6.07) is 10.2. The van der Waals surface area contributed by atoms with Crippen LogP contribution < -0.4 is 10.1 Å². The minimum atomic E-state index is -4.57. The van der Waals surface area contributed by atoms with E-state index in [1.165, 1.54) is 36.4 Å². The van der Waals surface area contributed by atoms with E-state index in [-0.39, 0.29) is 18.9 Å². The first kappa shape index (κ1) is 25.3. The van der Waals surface area contributed by atoms with Gasteiger partial charge in [0.2, 0.25) is 6.10 Å². The highest BCUT2D eigenvalue weighted by Crippen LogP contribution is 2.33. The fraction of sp³-hybridized carbons (Fsp3) is 0.364. The van der Waals surface area contributed by atoms with Gasteiger partial charge in [0.25, 0.3) is 0 Å². The number of carbonyl (C=O) groups excluding carboxylic acids is 2. The van der Waals surface area contributed by atoms with E-state index in [0.29, 0.717) is 10.6 Å². The molecule has 2 rings (SSSR count). The van der Waals surface area contributed by atoms with Gasteiger partial charge in [-0.3, -0.25) is 0 Å². The molecule has 10 heteroatoms. The number of ether oxygens (including phenoxy) is 3. The van der Waals surface area contributed by atoms with Crippen molar-refractivity contribution in [1.29, 1.82) is 0 Å².